The summed E-state index contributed by atoms with van der Waals surface area (Å²) in [5.41, 5.74) is 1.68. The third-order valence-corrected chi connectivity index (χ3v) is 8.98. The highest BCUT2D eigenvalue weighted by Crippen LogP contribution is 2.65. The number of anilines is 1. The molecular formula is C25H27ClN2O3. The van der Waals surface area contributed by atoms with E-state index in [1.807, 2.05) is 19.1 Å². The fourth-order valence-corrected chi connectivity index (χ4v) is 7.03. The van der Waals surface area contributed by atoms with Crippen molar-refractivity contribution in [1.82, 2.24) is 4.90 Å². The number of amides is 3. The second-order valence-corrected chi connectivity index (χ2v) is 10.6. The molecule has 5 aliphatic carbocycles. The number of nitrogens with zero attached hydrogens (tertiary/aromatic N) is 1. The summed E-state index contributed by atoms with van der Waals surface area (Å²) in [6, 6.07) is 5.47. The quantitative estimate of drug-likeness (QED) is 0.568. The summed E-state index contributed by atoms with van der Waals surface area (Å²) in [4.78, 5) is 41.0. The summed E-state index contributed by atoms with van der Waals surface area (Å²) < 4.78 is 0. The average Bonchev–Trinajstić information content (AvgIpc) is 3.54. The maximum Gasteiger partial charge on any atom is 0.233 e. The van der Waals surface area contributed by atoms with Crippen molar-refractivity contribution in [2.45, 2.75) is 45.1 Å². The van der Waals surface area contributed by atoms with Crippen LogP contribution in [-0.4, -0.2) is 28.7 Å². The fraction of sp³-hybridized carbons (Fsp3) is 0.560. The molecule has 4 fully saturated rings. The monoisotopic (exact) mass is 438 g/mol. The van der Waals surface area contributed by atoms with Gasteiger partial charge in [-0.05, 0) is 80.4 Å². The van der Waals surface area contributed by atoms with Gasteiger partial charge in [-0.2, -0.15) is 0 Å². The van der Waals surface area contributed by atoms with E-state index in [0.717, 1.165) is 5.56 Å². The zero-order valence-corrected chi connectivity index (χ0v) is 18.3. The highest BCUT2D eigenvalue weighted by Gasteiger charge is 2.67. The van der Waals surface area contributed by atoms with Gasteiger partial charge >= 0.3 is 0 Å². The van der Waals surface area contributed by atoms with Gasteiger partial charge in [0.1, 0.15) is 0 Å². The third kappa shape index (κ3) is 2.92. The van der Waals surface area contributed by atoms with Gasteiger partial charge < -0.3 is 5.32 Å². The normalized spacial score (nSPS) is 40.0. The van der Waals surface area contributed by atoms with Gasteiger partial charge in [0.2, 0.25) is 17.7 Å². The Labute approximate surface area is 187 Å². The molecule has 31 heavy (non-hydrogen) atoms. The maximum atomic E-state index is 13.3. The molecule has 5 nitrogen and oxygen atoms in total. The lowest BCUT2D eigenvalue weighted by Gasteiger charge is -2.37. The molecule has 1 heterocycles. The standard InChI is InChI=1S/C25H27ClN2O3/c1-12-2-5-14(10-20(12)26)27-23(29)13-3-6-15(7-4-13)28-24(30)21-16-8-9-17(19-11-18(16)19)22(21)25(28)31/h2,5,8-10,13,15-19,21-22H,3-4,6-7,11H2,1H3,(H,27,29)/t13?,15?,16-,17-,18-,19-,21-,22+/m0/s1. The zero-order chi connectivity index (χ0) is 21.4. The number of likely N-dealkylation sites (tertiary alicyclic amines) is 1. The van der Waals surface area contributed by atoms with Crippen molar-refractivity contribution < 1.29 is 14.4 Å². The van der Waals surface area contributed by atoms with Gasteiger partial charge in [0.05, 0.1) is 11.8 Å². The van der Waals surface area contributed by atoms with Crippen molar-refractivity contribution in [3.63, 3.8) is 0 Å². The number of hydrogen-bond acceptors (Lipinski definition) is 3. The zero-order valence-electron chi connectivity index (χ0n) is 17.6. The van der Waals surface area contributed by atoms with E-state index in [9.17, 15) is 14.4 Å². The Morgan fingerprint density at radius 1 is 1.00 bits per heavy atom. The summed E-state index contributed by atoms with van der Waals surface area (Å²) in [7, 11) is 0. The molecule has 162 valence electrons. The van der Waals surface area contributed by atoms with Gasteiger partial charge in [0.15, 0.2) is 0 Å². The molecule has 0 spiro atoms. The summed E-state index contributed by atoms with van der Waals surface area (Å²) in [6.45, 7) is 1.93. The predicted molar refractivity (Wildman–Crippen MR) is 117 cm³/mol. The van der Waals surface area contributed by atoms with Gasteiger partial charge in [-0.1, -0.05) is 29.8 Å². The molecule has 3 saturated carbocycles. The molecule has 1 aromatic carbocycles. The number of halogens is 1. The Bertz CT molecular complexity index is 976. The first-order chi connectivity index (χ1) is 14.9. The Hall–Kier alpha value is -2.14. The molecule has 1 saturated heterocycles. The van der Waals surface area contributed by atoms with E-state index in [1.54, 1.807) is 11.0 Å². The summed E-state index contributed by atoms with van der Waals surface area (Å²) in [5.74, 6) is 1.55. The Morgan fingerprint density at radius 3 is 2.19 bits per heavy atom. The highest BCUT2D eigenvalue weighted by atomic mass is 35.5. The van der Waals surface area contributed by atoms with Crippen LogP contribution in [0.1, 0.15) is 37.7 Å². The third-order valence-electron chi connectivity index (χ3n) is 8.57. The van der Waals surface area contributed by atoms with E-state index in [2.05, 4.69) is 17.5 Å². The van der Waals surface area contributed by atoms with E-state index < -0.39 is 0 Å². The SMILES string of the molecule is Cc1ccc(NC(=O)C2CCC(N3C(=O)[C@@H]4[C@H]5C=C[C@@H]([C@@H]6C[C@@H]56)[C@@H]4C3=O)CC2)cc1Cl. The molecule has 7 rings (SSSR count). The molecule has 6 aliphatic rings. The van der Waals surface area contributed by atoms with Crippen molar-refractivity contribution in [2.75, 3.05) is 5.32 Å². The lowest BCUT2D eigenvalue weighted by molar-refractivity contribution is -0.144. The first-order valence-electron chi connectivity index (χ1n) is 11.6. The van der Waals surface area contributed by atoms with E-state index in [0.29, 0.717) is 48.2 Å². The smallest absolute Gasteiger partial charge is 0.233 e. The van der Waals surface area contributed by atoms with E-state index >= 15 is 0 Å². The van der Waals surface area contributed by atoms with E-state index in [1.165, 1.54) is 6.42 Å². The van der Waals surface area contributed by atoms with Crippen LogP contribution in [0.5, 0.6) is 0 Å². The number of imide groups is 1. The second kappa shape index (κ2) is 6.93. The number of nitrogens with one attached hydrogen (secondary N) is 1. The van der Waals surface area contributed by atoms with Gasteiger partial charge in [-0.3, -0.25) is 19.3 Å². The molecule has 3 amide bonds. The van der Waals surface area contributed by atoms with E-state index in [4.69, 9.17) is 11.6 Å². The van der Waals surface area contributed by atoms with Crippen LogP contribution >= 0.6 is 11.6 Å². The van der Waals surface area contributed by atoms with Crippen LogP contribution in [0.15, 0.2) is 30.4 Å². The van der Waals surface area contributed by atoms with Crippen LogP contribution in [0.2, 0.25) is 5.02 Å². The highest BCUT2D eigenvalue weighted by molar-refractivity contribution is 6.31. The summed E-state index contributed by atoms with van der Waals surface area (Å²) >= 11 is 6.17. The van der Waals surface area contributed by atoms with Gasteiger partial charge in [0.25, 0.3) is 0 Å². The largest absolute Gasteiger partial charge is 0.326 e. The molecule has 2 bridgehead atoms. The minimum Gasteiger partial charge on any atom is -0.326 e. The number of rotatable bonds is 3. The van der Waals surface area contributed by atoms with Crippen molar-refractivity contribution in [3.8, 4) is 0 Å². The minimum absolute atomic E-state index is 0.00607. The number of aryl methyl sites for hydroxylation is 1. The van der Waals surface area contributed by atoms with Crippen LogP contribution in [0.4, 0.5) is 5.69 Å². The van der Waals surface area contributed by atoms with Crippen molar-refractivity contribution in [2.24, 2.45) is 41.4 Å². The molecule has 0 unspecified atom stereocenters. The molecule has 1 N–H and O–H groups in total. The number of hydrogen-bond donors (Lipinski definition) is 1. The lowest BCUT2D eigenvalue weighted by atomic mass is 9.63. The van der Waals surface area contributed by atoms with Crippen LogP contribution in [0.3, 0.4) is 0 Å². The van der Waals surface area contributed by atoms with Crippen molar-refractivity contribution in [1.29, 1.82) is 0 Å². The van der Waals surface area contributed by atoms with Crippen LogP contribution < -0.4 is 5.32 Å². The fourth-order valence-electron chi connectivity index (χ4n) is 6.85. The average molecular weight is 439 g/mol. The van der Waals surface area contributed by atoms with Gasteiger partial charge in [0, 0.05) is 22.7 Å². The Kier molecular flexibility index (Phi) is 4.37. The van der Waals surface area contributed by atoms with Crippen molar-refractivity contribution >= 4 is 35.0 Å². The molecular weight excluding hydrogens is 412 g/mol. The number of allylic oxidation sites excluding steroid dienone is 2. The maximum absolute atomic E-state index is 13.3. The first-order valence-corrected chi connectivity index (χ1v) is 11.9. The molecule has 1 aliphatic heterocycles. The lowest BCUT2D eigenvalue weighted by Crippen LogP contribution is -2.44. The second-order valence-electron chi connectivity index (χ2n) is 10.2. The minimum atomic E-state index is -0.126. The molecule has 0 aromatic heterocycles. The number of carbonyl (C=O) groups is 3. The summed E-state index contributed by atoms with van der Waals surface area (Å²) in [6.07, 6.45) is 8.42. The molecule has 6 atom stereocenters. The summed E-state index contributed by atoms with van der Waals surface area (Å²) in [5, 5.41) is 3.61. The topological polar surface area (TPSA) is 66.5 Å². The van der Waals surface area contributed by atoms with Gasteiger partial charge in [-0.25, -0.2) is 0 Å². The molecule has 0 radical (unpaired) electrons. The number of carbonyl (C=O) groups excluding carboxylic acids is 3. The Morgan fingerprint density at radius 2 is 1.61 bits per heavy atom. The number of benzene rings is 1. The van der Waals surface area contributed by atoms with Crippen LogP contribution in [0, 0.1) is 48.3 Å². The van der Waals surface area contributed by atoms with Crippen molar-refractivity contribution in [3.05, 3.63) is 40.9 Å². The van der Waals surface area contributed by atoms with Crippen LogP contribution in [-0.2, 0) is 14.4 Å². The molecule has 6 heteroatoms. The van der Waals surface area contributed by atoms with E-state index in [-0.39, 0.29) is 53.4 Å². The Balaban J connectivity index is 1.11. The van der Waals surface area contributed by atoms with Gasteiger partial charge in [-0.15, -0.1) is 0 Å². The first kappa shape index (κ1) is 19.5. The predicted octanol–water partition coefficient (Wildman–Crippen LogP) is 4.20. The van der Waals surface area contributed by atoms with Crippen LogP contribution in [0.25, 0.3) is 0 Å². The molecule has 1 aromatic rings.